The molecule has 0 atom stereocenters. The van der Waals surface area contributed by atoms with Crippen molar-refractivity contribution in [2.75, 3.05) is 19.8 Å². The van der Waals surface area contributed by atoms with E-state index in [0.717, 1.165) is 0 Å². The van der Waals surface area contributed by atoms with Crippen molar-refractivity contribution < 1.29 is 15.3 Å². The fourth-order valence-corrected chi connectivity index (χ4v) is 0.620. The lowest BCUT2D eigenvalue weighted by molar-refractivity contribution is 0.136. The number of rotatable bonds is 5. The minimum absolute atomic E-state index is 0.0104. The van der Waals surface area contributed by atoms with E-state index in [2.05, 4.69) is 6.58 Å². The molecule has 0 aromatic rings. The molecule has 0 amide bonds. The average molecular weight is 176 g/mol. The van der Waals surface area contributed by atoms with Crippen molar-refractivity contribution >= 4 is 0 Å². The Morgan fingerprint density at radius 2 is 1.67 bits per heavy atom. The smallest absolute Gasteiger partial charge is 0.0481 e. The molecule has 0 fully saturated rings. The third kappa shape index (κ3) is 12.3. The van der Waals surface area contributed by atoms with Crippen LogP contribution in [0.1, 0.15) is 19.8 Å². The maximum atomic E-state index is 8.51. The van der Waals surface area contributed by atoms with Gasteiger partial charge in [0.2, 0.25) is 0 Å². The summed E-state index contributed by atoms with van der Waals surface area (Å²) in [5.74, 6) is -0.0443. The minimum Gasteiger partial charge on any atom is -0.396 e. The van der Waals surface area contributed by atoms with Crippen molar-refractivity contribution in [1.82, 2.24) is 0 Å². The van der Waals surface area contributed by atoms with Gasteiger partial charge in [-0.2, -0.15) is 0 Å². The third-order valence-electron chi connectivity index (χ3n) is 1.29. The van der Waals surface area contributed by atoms with Crippen molar-refractivity contribution in [3.63, 3.8) is 0 Å². The minimum atomic E-state index is -0.0443. The molecule has 0 aliphatic rings. The first-order valence-corrected chi connectivity index (χ1v) is 4.16. The Balaban J connectivity index is 0. The molecule has 0 aromatic heterocycles. The van der Waals surface area contributed by atoms with Gasteiger partial charge in [0, 0.05) is 25.7 Å². The van der Waals surface area contributed by atoms with Gasteiger partial charge < -0.3 is 15.3 Å². The molecule has 0 rings (SSSR count). The number of aliphatic hydroxyl groups excluding tert-OH is 3. The van der Waals surface area contributed by atoms with Gasteiger partial charge in [0.15, 0.2) is 0 Å². The van der Waals surface area contributed by atoms with E-state index in [4.69, 9.17) is 15.3 Å². The van der Waals surface area contributed by atoms with Crippen LogP contribution in [0, 0.1) is 5.92 Å². The average Bonchev–Trinajstić information content (AvgIpc) is 2.08. The van der Waals surface area contributed by atoms with E-state index < -0.39 is 0 Å². The van der Waals surface area contributed by atoms with Gasteiger partial charge in [-0.3, -0.25) is 0 Å². The summed E-state index contributed by atoms with van der Waals surface area (Å²) < 4.78 is 0. The van der Waals surface area contributed by atoms with Crippen molar-refractivity contribution in [3.05, 3.63) is 12.7 Å². The second kappa shape index (κ2) is 13.2. The highest BCUT2D eigenvalue weighted by molar-refractivity contribution is 4.54. The molecular formula is C9H20O3. The molecule has 0 radical (unpaired) electrons. The SMILES string of the molecule is C=CC.OCCCC(CO)CO. The Morgan fingerprint density at radius 3 is 1.92 bits per heavy atom. The molecule has 12 heavy (non-hydrogen) atoms. The zero-order valence-corrected chi connectivity index (χ0v) is 7.74. The van der Waals surface area contributed by atoms with Crippen molar-refractivity contribution in [3.8, 4) is 0 Å². The van der Waals surface area contributed by atoms with E-state index in [1.807, 2.05) is 6.92 Å². The van der Waals surface area contributed by atoms with Crippen LogP contribution < -0.4 is 0 Å². The first-order valence-electron chi connectivity index (χ1n) is 4.16. The summed E-state index contributed by atoms with van der Waals surface area (Å²) in [6, 6.07) is 0. The molecule has 3 N–H and O–H groups in total. The number of allylic oxidation sites excluding steroid dienone is 1. The van der Waals surface area contributed by atoms with Crippen LogP contribution in [0.5, 0.6) is 0 Å². The maximum Gasteiger partial charge on any atom is 0.0481 e. The topological polar surface area (TPSA) is 60.7 Å². The molecule has 0 saturated carbocycles. The van der Waals surface area contributed by atoms with Crippen LogP contribution in [0.25, 0.3) is 0 Å². The molecule has 0 unspecified atom stereocenters. The van der Waals surface area contributed by atoms with Crippen LogP contribution in [-0.4, -0.2) is 35.1 Å². The molecule has 0 spiro atoms. The molecule has 74 valence electrons. The van der Waals surface area contributed by atoms with E-state index in [1.54, 1.807) is 6.08 Å². The van der Waals surface area contributed by atoms with Gasteiger partial charge in [-0.1, -0.05) is 6.08 Å². The lowest BCUT2D eigenvalue weighted by Crippen LogP contribution is -2.11. The van der Waals surface area contributed by atoms with Gasteiger partial charge in [0.05, 0.1) is 0 Å². The standard InChI is InChI=1S/C6H14O3.C3H6/c7-3-1-2-6(4-8)5-9;1-3-2/h6-9H,1-5H2;3H,1H2,2H3. The third-order valence-corrected chi connectivity index (χ3v) is 1.29. The molecule has 0 aliphatic heterocycles. The van der Waals surface area contributed by atoms with Crippen molar-refractivity contribution in [1.29, 1.82) is 0 Å². The molecule has 0 aromatic carbocycles. The second-order valence-corrected chi connectivity index (χ2v) is 2.51. The summed E-state index contributed by atoms with van der Waals surface area (Å²) in [5.41, 5.74) is 0. The molecule has 0 heterocycles. The Bertz CT molecular complexity index is 79.8. The van der Waals surface area contributed by atoms with Crippen LogP contribution in [0.3, 0.4) is 0 Å². The summed E-state index contributed by atoms with van der Waals surface area (Å²) >= 11 is 0. The summed E-state index contributed by atoms with van der Waals surface area (Å²) in [5, 5.41) is 25.4. The summed E-state index contributed by atoms with van der Waals surface area (Å²) in [6.45, 7) is 5.41. The lowest BCUT2D eigenvalue weighted by Gasteiger charge is -2.07. The van der Waals surface area contributed by atoms with Crippen LogP contribution >= 0.6 is 0 Å². The lowest BCUT2D eigenvalue weighted by atomic mass is 10.1. The van der Waals surface area contributed by atoms with Crippen LogP contribution in [0.2, 0.25) is 0 Å². The normalized spacial score (nSPS) is 9.08. The van der Waals surface area contributed by atoms with Crippen LogP contribution in [0.15, 0.2) is 12.7 Å². The number of hydrogen-bond acceptors (Lipinski definition) is 3. The molecule has 0 saturated heterocycles. The Morgan fingerprint density at radius 1 is 1.25 bits per heavy atom. The monoisotopic (exact) mass is 176 g/mol. The molecule has 0 aliphatic carbocycles. The first-order chi connectivity index (χ1) is 5.76. The van der Waals surface area contributed by atoms with E-state index in [0.29, 0.717) is 12.8 Å². The fourth-order valence-electron chi connectivity index (χ4n) is 0.620. The largest absolute Gasteiger partial charge is 0.396 e. The number of hydrogen-bond donors (Lipinski definition) is 3. The Labute approximate surface area is 74.4 Å². The Kier molecular flexibility index (Phi) is 15.6. The predicted octanol–water partition coefficient (Wildman–Crippen LogP) is 0.552. The zero-order valence-electron chi connectivity index (χ0n) is 7.74. The van der Waals surface area contributed by atoms with E-state index in [-0.39, 0.29) is 25.7 Å². The van der Waals surface area contributed by atoms with E-state index in [1.165, 1.54) is 0 Å². The highest BCUT2D eigenvalue weighted by Crippen LogP contribution is 2.02. The van der Waals surface area contributed by atoms with Crippen LogP contribution in [0.4, 0.5) is 0 Å². The van der Waals surface area contributed by atoms with Gasteiger partial charge in [0.1, 0.15) is 0 Å². The fraction of sp³-hybridized carbons (Fsp3) is 0.778. The first kappa shape index (κ1) is 14.2. The van der Waals surface area contributed by atoms with E-state index >= 15 is 0 Å². The second-order valence-electron chi connectivity index (χ2n) is 2.51. The van der Waals surface area contributed by atoms with Gasteiger partial charge in [-0.15, -0.1) is 6.58 Å². The summed E-state index contributed by atoms with van der Waals surface area (Å²) in [4.78, 5) is 0. The molecular weight excluding hydrogens is 156 g/mol. The Hall–Kier alpha value is -0.380. The van der Waals surface area contributed by atoms with Crippen LogP contribution in [-0.2, 0) is 0 Å². The maximum absolute atomic E-state index is 8.51. The van der Waals surface area contributed by atoms with Gasteiger partial charge >= 0.3 is 0 Å². The zero-order chi connectivity index (χ0) is 9.82. The highest BCUT2D eigenvalue weighted by atomic mass is 16.3. The van der Waals surface area contributed by atoms with Gasteiger partial charge in [-0.05, 0) is 19.8 Å². The van der Waals surface area contributed by atoms with Crippen molar-refractivity contribution in [2.24, 2.45) is 5.92 Å². The summed E-state index contributed by atoms with van der Waals surface area (Å²) in [7, 11) is 0. The molecule has 0 bridgehead atoms. The summed E-state index contributed by atoms with van der Waals surface area (Å²) in [6.07, 6.45) is 3.11. The highest BCUT2D eigenvalue weighted by Gasteiger charge is 2.03. The van der Waals surface area contributed by atoms with E-state index in [9.17, 15) is 0 Å². The number of aliphatic hydroxyl groups is 3. The molecule has 3 heteroatoms. The van der Waals surface area contributed by atoms with Crippen molar-refractivity contribution in [2.45, 2.75) is 19.8 Å². The predicted molar refractivity (Wildman–Crippen MR) is 49.9 cm³/mol. The quantitative estimate of drug-likeness (QED) is 0.536. The van der Waals surface area contributed by atoms with Gasteiger partial charge in [-0.25, -0.2) is 0 Å². The van der Waals surface area contributed by atoms with Gasteiger partial charge in [0.25, 0.3) is 0 Å². The molecule has 3 nitrogen and oxygen atoms in total.